The van der Waals surface area contributed by atoms with Crippen molar-refractivity contribution in [2.75, 3.05) is 0 Å². The molecule has 0 amide bonds. The standard InChI is InChI=1S/C11H10S2.Na.H/c1-8-6-11(13-7-8)9-4-2-3-5-10(9)12;;/h2-7,12H,1H3;;/q;+1;-1. The molecule has 1 heterocycles. The van der Waals surface area contributed by atoms with Gasteiger partial charge in [-0.3, -0.25) is 0 Å². The van der Waals surface area contributed by atoms with E-state index in [0.717, 1.165) is 4.90 Å². The van der Waals surface area contributed by atoms with Crippen LogP contribution < -0.4 is 29.6 Å². The van der Waals surface area contributed by atoms with Crippen molar-refractivity contribution >= 4 is 24.0 Å². The predicted molar refractivity (Wildman–Crippen MR) is 62.9 cm³/mol. The number of hydrogen-bond donors (Lipinski definition) is 1. The molecule has 3 heteroatoms. The quantitative estimate of drug-likeness (QED) is 0.551. The largest absolute Gasteiger partial charge is 1.00 e. The summed E-state index contributed by atoms with van der Waals surface area (Å²) in [5, 5.41) is 2.16. The molecule has 0 radical (unpaired) electrons. The number of rotatable bonds is 1. The van der Waals surface area contributed by atoms with E-state index in [4.69, 9.17) is 0 Å². The molecule has 0 aliphatic heterocycles. The molecule has 0 nitrogen and oxygen atoms in total. The number of thiophene rings is 1. The third kappa shape index (κ3) is 2.65. The average Bonchev–Trinajstić information content (AvgIpc) is 2.53. The van der Waals surface area contributed by atoms with Gasteiger partial charge in [0, 0.05) is 15.3 Å². The van der Waals surface area contributed by atoms with Gasteiger partial charge >= 0.3 is 29.6 Å². The summed E-state index contributed by atoms with van der Waals surface area (Å²) in [4.78, 5) is 2.34. The summed E-state index contributed by atoms with van der Waals surface area (Å²) >= 11 is 6.19. The van der Waals surface area contributed by atoms with E-state index in [1.54, 1.807) is 11.3 Å². The van der Waals surface area contributed by atoms with Crippen LogP contribution >= 0.6 is 24.0 Å². The summed E-state index contributed by atoms with van der Waals surface area (Å²) in [7, 11) is 0. The predicted octanol–water partition coefficient (Wildman–Crippen LogP) is 1.13. The van der Waals surface area contributed by atoms with Crippen molar-refractivity contribution in [3.05, 3.63) is 41.3 Å². The first-order valence-electron chi connectivity index (χ1n) is 4.11. The molecule has 0 N–H and O–H groups in total. The van der Waals surface area contributed by atoms with Gasteiger partial charge in [-0.25, -0.2) is 0 Å². The van der Waals surface area contributed by atoms with E-state index in [-0.39, 0.29) is 31.0 Å². The third-order valence-corrected chi connectivity index (χ3v) is 3.37. The van der Waals surface area contributed by atoms with Gasteiger partial charge in [0.1, 0.15) is 0 Å². The fourth-order valence-corrected chi connectivity index (χ4v) is 2.55. The minimum Gasteiger partial charge on any atom is -1.00 e. The topological polar surface area (TPSA) is 0 Å². The Kier molecular flexibility index (Phi) is 4.74. The van der Waals surface area contributed by atoms with Gasteiger partial charge in [0.15, 0.2) is 0 Å². The molecule has 0 unspecified atom stereocenters. The zero-order chi connectivity index (χ0) is 9.26. The molecule has 0 bridgehead atoms. The Hall–Kier alpha value is 0.270. The van der Waals surface area contributed by atoms with Crippen molar-refractivity contribution in [1.29, 1.82) is 0 Å². The molecule has 68 valence electrons. The zero-order valence-electron chi connectivity index (χ0n) is 9.32. The van der Waals surface area contributed by atoms with E-state index < -0.39 is 0 Å². The van der Waals surface area contributed by atoms with Crippen LogP contribution in [0.15, 0.2) is 40.6 Å². The van der Waals surface area contributed by atoms with Crippen LogP contribution in [0.5, 0.6) is 0 Å². The maximum absolute atomic E-state index is 4.43. The fraction of sp³-hybridized carbons (Fsp3) is 0.0909. The van der Waals surface area contributed by atoms with E-state index in [1.807, 2.05) is 18.2 Å². The van der Waals surface area contributed by atoms with E-state index in [0.29, 0.717) is 0 Å². The van der Waals surface area contributed by atoms with Crippen molar-refractivity contribution in [2.24, 2.45) is 0 Å². The SMILES string of the molecule is Cc1csc(-c2ccccc2S)c1.[H-].[Na+]. The molecule has 0 atom stereocenters. The summed E-state index contributed by atoms with van der Waals surface area (Å²) in [5.74, 6) is 0. The molecule has 0 saturated heterocycles. The summed E-state index contributed by atoms with van der Waals surface area (Å²) in [5.41, 5.74) is 2.54. The van der Waals surface area contributed by atoms with Crippen LogP contribution in [0, 0.1) is 6.92 Å². The number of aryl methyl sites for hydroxylation is 1. The van der Waals surface area contributed by atoms with Crippen LogP contribution in [-0.2, 0) is 0 Å². The number of benzene rings is 1. The molecular weight excluding hydrogens is 219 g/mol. The molecule has 14 heavy (non-hydrogen) atoms. The van der Waals surface area contributed by atoms with Crippen molar-refractivity contribution in [1.82, 2.24) is 0 Å². The van der Waals surface area contributed by atoms with Crippen LogP contribution in [0.3, 0.4) is 0 Å². The van der Waals surface area contributed by atoms with E-state index in [1.165, 1.54) is 16.0 Å². The van der Waals surface area contributed by atoms with Gasteiger partial charge in [0.25, 0.3) is 0 Å². The molecule has 2 rings (SSSR count). The van der Waals surface area contributed by atoms with Crippen LogP contribution in [0.4, 0.5) is 0 Å². The van der Waals surface area contributed by atoms with Gasteiger partial charge in [-0.2, -0.15) is 0 Å². The van der Waals surface area contributed by atoms with Crippen molar-refractivity contribution in [3.63, 3.8) is 0 Å². The fourth-order valence-electron chi connectivity index (χ4n) is 1.25. The van der Waals surface area contributed by atoms with Gasteiger partial charge < -0.3 is 1.43 Å². The molecular formula is C11H11NaS2. The van der Waals surface area contributed by atoms with Gasteiger partial charge in [-0.1, -0.05) is 18.2 Å². The maximum atomic E-state index is 4.43. The first-order chi connectivity index (χ1) is 6.27. The second kappa shape index (κ2) is 5.38. The Morgan fingerprint density at radius 3 is 2.57 bits per heavy atom. The number of hydrogen-bond acceptors (Lipinski definition) is 2. The minimum absolute atomic E-state index is 0. The summed E-state index contributed by atoms with van der Waals surface area (Å²) < 4.78 is 0. The smallest absolute Gasteiger partial charge is 1.00 e. The Morgan fingerprint density at radius 2 is 2.00 bits per heavy atom. The normalized spacial score (nSPS) is 9.57. The van der Waals surface area contributed by atoms with E-state index >= 15 is 0 Å². The Morgan fingerprint density at radius 1 is 1.29 bits per heavy atom. The Balaban J connectivity index is 0.000000980. The molecule has 0 aliphatic carbocycles. The molecule has 0 saturated carbocycles. The van der Waals surface area contributed by atoms with Crippen LogP contribution in [-0.4, -0.2) is 0 Å². The maximum Gasteiger partial charge on any atom is 1.00 e. The molecule has 1 aromatic carbocycles. The van der Waals surface area contributed by atoms with Crippen LogP contribution in [0.1, 0.15) is 6.99 Å². The molecule has 0 spiro atoms. The van der Waals surface area contributed by atoms with Crippen molar-refractivity contribution in [3.8, 4) is 10.4 Å². The minimum atomic E-state index is 0. The molecule has 0 fully saturated rings. The first-order valence-corrected chi connectivity index (χ1v) is 5.43. The van der Waals surface area contributed by atoms with Crippen molar-refractivity contribution < 1.29 is 31.0 Å². The van der Waals surface area contributed by atoms with Gasteiger partial charge in [0.2, 0.25) is 0 Å². The van der Waals surface area contributed by atoms with Crippen molar-refractivity contribution in [2.45, 2.75) is 11.8 Å². The second-order valence-electron chi connectivity index (χ2n) is 3.01. The monoisotopic (exact) mass is 230 g/mol. The molecule has 2 aromatic rings. The van der Waals surface area contributed by atoms with Gasteiger partial charge in [-0.05, 0) is 30.0 Å². The van der Waals surface area contributed by atoms with Crippen LogP contribution in [0.2, 0.25) is 0 Å². The summed E-state index contributed by atoms with van der Waals surface area (Å²) in [6, 6.07) is 10.4. The third-order valence-electron chi connectivity index (χ3n) is 1.90. The zero-order valence-corrected chi connectivity index (χ0v) is 12.0. The first kappa shape index (κ1) is 12.3. The Bertz CT molecular complexity index is 426. The Labute approximate surface area is 118 Å². The average molecular weight is 230 g/mol. The van der Waals surface area contributed by atoms with E-state index in [9.17, 15) is 0 Å². The van der Waals surface area contributed by atoms with E-state index in [2.05, 4.69) is 37.1 Å². The second-order valence-corrected chi connectivity index (χ2v) is 4.40. The van der Waals surface area contributed by atoms with Gasteiger partial charge in [-0.15, -0.1) is 24.0 Å². The summed E-state index contributed by atoms with van der Waals surface area (Å²) in [6.07, 6.45) is 0. The van der Waals surface area contributed by atoms with Gasteiger partial charge in [0.05, 0.1) is 0 Å². The molecule has 0 aliphatic rings. The van der Waals surface area contributed by atoms with Crippen LogP contribution in [0.25, 0.3) is 10.4 Å². The summed E-state index contributed by atoms with van der Waals surface area (Å²) in [6.45, 7) is 2.11. The number of thiol groups is 1. The molecule has 1 aromatic heterocycles.